The molecule has 1 aliphatic rings. The zero-order chi connectivity index (χ0) is 21.8. The molecule has 1 aliphatic heterocycles. The number of anilines is 4. The highest BCUT2D eigenvalue weighted by Gasteiger charge is 2.29. The largest absolute Gasteiger partial charge is 0.368 e. The van der Waals surface area contributed by atoms with Gasteiger partial charge in [-0.3, -0.25) is 14.9 Å². The number of hydrogen-bond donors (Lipinski definition) is 1. The number of nitro groups is 1. The van der Waals surface area contributed by atoms with E-state index in [0.717, 1.165) is 18.8 Å². The van der Waals surface area contributed by atoms with Gasteiger partial charge in [0.1, 0.15) is 6.33 Å². The number of hydrogen-bond acceptors (Lipinski definition) is 8. The molecule has 1 aromatic heterocycles. The first-order valence-corrected chi connectivity index (χ1v) is 9.95. The van der Waals surface area contributed by atoms with Crippen LogP contribution in [0.1, 0.15) is 17.3 Å². The minimum absolute atomic E-state index is 0.0449. The number of Topliss-reactive ketones (excluding diaryl/α,β-unsaturated/α-hetero) is 1. The summed E-state index contributed by atoms with van der Waals surface area (Å²) in [5.41, 5.74) is 2.15. The van der Waals surface area contributed by atoms with Crippen LogP contribution in [0.4, 0.5) is 28.7 Å². The second-order valence-electron chi connectivity index (χ2n) is 7.22. The number of nitrogens with one attached hydrogen (secondary N) is 1. The SMILES string of the molecule is CC(=O)c1ccc(Nc2ncnc(N3CCN(c4ccccc4)CC3)c2[N+](=O)[O-])cc1. The molecule has 1 saturated heterocycles. The molecule has 0 atom stereocenters. The van der Waals surface area contributed by atoms with Gasteiger partial charge >= 0.3 is 5.69 Å². The van der Waals surface area contributed by atoms with Crippen molar-refractivity contribution in [3.8, 4) is 0 Å². The number of carbonyl (C=O) groups excluding carboxylic acids is 1. The van der Waals surface area contributed by atoms with Crippen LogP contribution in [0.25, 0.3) is 0 Å². The zero-order valence-corrected chi connectivity index (χ0v) is 17.1. The third-order valence-electron chi connectivity index (χ3n) is 5.24. The van der Waals surface area contributed by atoms with Crippen molar-refractivity contribution >= 4 is 34.5 Å². The van der Waals surface area contributed by atoms with E-state index in [1.54, 1.807) is 24.3 Å². The first-order chi connectivity index (χ1) is 15.0. The Morgan fingerprint density at radius 3 is 2.23 bits per heavy atom. The zero-order valence-electron chi connectivity index (χ0n) is 17.1. The van der Waals surface area contributed by atoms with Gasteiger partial charge in [-0.1, -0.05) is 18.2 Å². The molecule has 31 heavy (non-hydrogen) atoms. The highest BCUT2D eigenvalue weighted by molar-refractivity contribution is 5.94. The summed E-state index contributed by atoms with van der Waals surface area (Å²) in [5, 5.41) is 14.9. The maximum absolute atomic E-state index is 11.9. The van der Waals surface area contributed by atoms with E-state index >= 15 is 0 Å². The molecule has 1 fully saturated rings. The molecule has 2 aromatic carbocycles. The third kappa shape index (κ3) is 4.45. The fourth-order valence-electron chi connectivity index (χ4n) is 3.60. The van der Waals surface area contributed by atoms with E-state index in [9.17, 15) is 14.9 Å². The predicted molar refractivity (Wildman–Crippen MR) is 119 cm³/mol. The number of rotatable bonds is 6. The lowest BCUT2D eigenvalue weighted by molar-refractivity contribution is -0.383. The molecule has 0 spiro atoms. The molecule has 0 bridgehead atoms. The summed E-state index contributed by atoms with van der Waals surface area (Å²) in [4.78, 5) is 35.4. The molecule has 0 unspecified atom stereocenters. The van der Waals surface area contributed by atoms with Crippen molar-refractivity contribution < 1.29 is 9.72 Å². The van der Waals surface area contributed by atoms with Crippen molar-refractivity contribution in [3.05, 3.63) is 76.6 Å². The van der Waals surface area contributed by atoms with Crippen molar-refractivity contribution in [1.29, 1.82) is 0 Å². The predicted octanol–water partition coefficient (Wildman–Crippen LogP) is 3.66. The minimum atomic E-state index is -0.453. The first-order valence-electron chi connectivity index (χ1n) is 9.95. The number of carbonyl (C=O) groups is 1. The smallest absolute Gasteiger partial charge is 0.353 e. The molecule has 0 amide bonds. The average Bonchev–Trinajstić information content (AvgIpc) is 2.80. The van der Waals surface area contributed by atoms with Crippen LogP contribution in [0, 0.1) is 10.1 Å². The van der Waals surface area contributed by atoms with E-state index in [4.69, 9.17) is 0 Å². The van der Waals surface area contributed by atoms with Crippen LogP contribution in [0.2, 0.25) is 0 Å². The first kappa shape index (κ1) is 20.3. The van der Waals surface area contributed by atoms with Gasteiger partial charge in [0, 0.05) is 43.1 Å². The van der Waals surface area contributed by atoms with Crippen molar-refractivity contribution in [3.63, 3.8) is 0 Å². The summed E-state index contributed by atoms with van der Waals surface area (Å²) >= 11 is 0. The number of nitrogens with zero attached hydrogens (tertiary/aromatic N) is 5. The van der Waals surface area contributed by atoms with Gasteiger partial charge < -0.3 is 15.1 Å². The molecule has 4 rings (SSSR count). The van der Waals surface area contributed by atoms with Crippen molar-refractivity contribution in [2.24, 2.45) is 0 Å². The maximum Gasteiger partial charge on any atom is 0.353 e. The number of para-hydroxylation sites is 1. The summed E-state index contributed by atoms with van der Waals surface area (Å²) in [7, 11) is 0. The number of ketones is 1. The lowest BCUT2D eigenvalue weighted by Crippen LogP contribution is -2.47. The molecule has 158 valence electrons. The molecule has 1 N–H and O–H groups in total. The van der Waals surface area contributed by atoms with Gasteiger partial charge in [0.2, 0.25) is 11.6 Å². The van der Waals surface area contributed by atoms with Crippen LogP contribution in [0.5, 0.6) is 0 Å². The Balaban J connectivity index is 1.55. The van der Waals surface area contributed by atoms with Gasteiger partial charge in [-0.2, -0.15) is 0 Å². The van der Waals surface area contributed by atoms with E-state index in [1.807, 2.05) is 23.1 Å². The third-order valence-corrected chi connectivity index (χ3v) is 5.24. The molecule has 9 heteroatoms. The average molecular weight is 418 g/mol. The summed E-state index contributed by atoms with van der Waals surface area (Å²) in [6.07, 6.45) is 1.33. The van der Waals surface area contributed by atoms with Gasteiger partial charge in [0.25, 0.3) is 0 Å². The van der Waals surface area contributed by atoms with Crippen molar-refractivity contribution in [1.82, 2.24) is 9.97 Å². The monoisotopic (exact) mass is 418 g/mol. The standard InChI is InChI=1S/C22H22N6O3/c1-16(29)17-7-9-18(10-8-17)25-21-20(28(30)31)22(24-15-23-21)27-13-11-26(12-14-27)19-5-3-2-4-6-19/h2-10,15H,11-14H2,1H3,(H,23,24,25). The van der Waals surface area contributed by atoms with Crippen LogP contribution in [-0.4, -0.2) is 46.9 Å². The Bertz CT molecular complexity index is 1080. The highest BCUT2D eigenvalue weighted by Crippen LogP contribution is 2.34. The summed E-state index contributed by atoms with van der Waals surface area (Å²) in [6.45, 7) is 4.18. The Morgan fingerprint density at radius 1 is 0.968 bits per heavy atom. The van der Waals surface area contributed by atoms with Gasteiger partial charge in [0.05, 0.1) is 4.92 Å². The van der Waals surface area contributed by atoms with E-state index in [0.29, 0.717) is 30.2 Å². The fraction of sp³-hybridized carbons (Fsp3) is 0.227. The molecule has 9 nitrogen and oxygen atoms in total. The second-order valence-corrected chi connectivity index (χ2v) is 7.22. The Kier molecular flexibility index (Phi) is 5.74. The van der Waals surface area contributed by atoms with E-state index < -0.39 is 4.92 Å². The summed E-state index contributed by atoms with van der Waals surface area (Å²) in [6, 6.07) is 16.8. The molecule has 3 aromatic rings. The van der Waals surface area contributed by atoms with Gasteiger partial charge in [0.15, 0.2) is 5.78 Å². The lowest BCUT2D eigenvalue weighted by atomic mass is 10.1. The lowest BCUT2D eigenvalue weighted by Gasteiger charge is -2.36. The van der Waals surface area contributed by atoms with E-state index in [-0.39, 0.29) is 17.3 Å². The van der Waals surface area contributed by atoms with Gasteiger partial charge in [-0.15, -0.1) is 0 Å². The Morgan fingerprint density at radius 2 is 1.61 bits per heavy atom. The van der Waals surface area contributed by atoms with Gasteiger partial charge in [-0.25, -0.2) is 9.97 Å². The van der Waals surface area contributed by atoms with Crippen molar-refractivity contribution in [2.75, 3.05) is 41.3 Å². The quantitative estimate of drug-likeness (QED) is 0.367. The molecular weight excluding hydrogens is 396 g/mol. The Hall–Kier alpha value is -4.01. The molecular formula is C22H22N6O3. The van der Waals surface area contributed by atoms with Crippen LogP contribution in [0.3, 0.4) is 0 Å². The molecule has 0 saturated carbocycles. The summed E-state index contributed by atoms with van der Waals surface area (Å²) in [5.74, 6) is 0.378. The van der Waals surface area contributed by atoms with Crippen LogP contribution >= 0.6 is 0 Å². The van der Waals surface area contributed by atoms with Crippen LogP contribution < -0.4 is 15.1 Å². The number of benzene rings is 2. The number of aromatic nitrogens is 2. The minimum Gasteiger partial charge on any atom is -0.368 e. The summed E-state index contributed by atoms with van der Waals surface area (Å²) < 4.78 is 0. The van der Waals surface area contributed by atoms with E-state index in [1.165, 1.54) is 13.3 Å². The van der Waals surface area contributed by atoms with Crippen LogP contribution in [-0.2, 0) is 0 Å². The highest BCUT2D eigenvalue weighted by atomic mass is 16.6. The Labute approximate surface area is 179 Å². The normalized spacial score (nSPS) is 13.7. The fourth-order valence-corrected chi connectivity index (χ4v) is 3.60. The second kappa shape index (κ2) is 8.78. The molecule has 0 radical (unpaired) electrons. The number of piperazine rings is 1. The van der Waals surface area contributed by atoms with Crippen LogP contribution in [0.15, 0.2) is 60.9 Å². The topological polar surface area (TPSA) is 104 Å². The molecule has 2 heterocycles. The van der Waals surface area contributed by atoms with Gasteiger partial charge in [-0.05, 0) is 43.3 Å². The maximum atomic E-state index is 11.9. The van der Waals surface area contributed by atoms with E-state index in [2.05, 4.69) is 32.3 Å². The molecule has 0 aliphatic carbocycles. The van der Waals surface area contributed by atoms with Crippen molar-refractivity contribution in [2.45, 2.75) is 6.92 Å².